The van der Waals surface area contributed by atoms with Crippen LogP contribution < -0.4 is 15.6 Å². The van der Waals surface area contributed by atoms with Gasteiger partial charge in [-0.1, -0.05) is 12.8 Å². The Kier molecular flexibility index (Phi) is 6.14. The molecule has 0 aliphatic heterocycles. The number of benzene rings is 1. The second-order valence-corrected chi connectivity index (χ2v) is 7.09. The highest BCUT2D eigenvalue weighted by Crippen LogP contribution is 2.25. The lowest BCUT2D eigenvalue weighted by molar-refractivity contribution is 0.303. The van der Waals surface area contributed by atoms with Gasteiger partial charge in [0.2, 0.25) is 0 Å². The summed E-state index contributed by atoms with van der Waals surface area (Å²) < 4.78 is 5.58. The predicted octanol–water partition coefficient (Wildman–Crippen LogP) is 3.57. The number of nitrogens with one attached hydrogen (secondary N) is 2. The quantitative estimate of drug-likeness (QED) is 0.758. The fraction of sp³-hybridized carbons (Fsp3) is 0.500. The van der Waals surface area contributed by atoms with Crippen molar-refractivity contribution in [1.82, 2.24) is 15.2 Å². The second kappa shape index (κ2) is 8.54. The number of ether oxygens (including phenoxy) is 1. The van der Waals surface area contributed by atoms with E-state index in [2.05, 4.69) is 15.2 Å². The average Bonchev–Trinajstić information content (AvgIpc) is 3.15. The number of hydrogen-bond donors (Lipinski definition) is 2. The van der Waals surface area contributed by atoms with Crippen LogP contribution in [0, 0.1) is 0 Å². The molecule has 0 unspecified atom stereocenters. The zero-order chi connectivity index (χ0) is 18.5. The van der Waals surface area contributed by atoms with E-state index in [-0.39, 0.29) is 5.56 Å². The first-order valence-electron chi connectivity index (χ1n) is 9.45. The number of rotatable bonds is 6. The average molecular weight is 374 g/mol. The van der Waals surface area contributed by atoms with Gasteiger partial charge in [0.15, 0.2) is 5.11 Å². The first-order valence-corrected chi connectivity index (χ1v) is 9.86. The second-order valence-electron chi connectivity index (χ2n) is 6.71. The summed E-state index contributed by atoms with van der Waals surface area (Å²) in [5.41, 5.74) is 1.51. The maximum absolute atomic E-state index is 12.6. The Hall–Kier alpha value is -2.08. The van der Waals surface area contributed by atoms with E-state index < -0.39 is 0 Å². The summed E-state index contributed by atoms with van der Waals surface area (Å²) in [5.74, 6) is 0.814. The highest BCUT2D eigenvalue weighted by atomic mass is 32.1. The van der Waals surface area contributed by atoms with Crippen molar-refractivity contribution in [3.63, 3.8) is 0 Å². The van der Waals surface area contributed by atoms with Crippen LogP contribution in [0.25, 0.3) is 10.9 Å². The van der Waals surface area contributed by atoms with Crippen molar-refractivity contribution in [3.05, 3.63) is 40.2 Å². The standard InChI is InChI=1S/C20H27N3O2S/c1-3-21-20(26)23(16-7-5-6-8-16)13-15-11-14-12-17(25-4-2)9-10-18(14)22-19(15)24/h9-12,16H,3-8,13H2,1-2H3,(H,21,26)(H,22,24). The topological polar surface area (TPSA) is 57.4 Å². The third-order valence-corrected chi connectivity index (χ3v) is 5.28. The van der Waals surface area contributed by atoms with Crippen LogP contribution in [0.4, 0.5) is 0 Å². The number of aromatic nitrogens is 1. The summed E-state index contributed by atoms with van der Waals surface area (Å²) in [6, 6.07) is 8.12. The predicted molar refractivity (Wildman–Crippen MR) is 110 cm³/mol. The Morgan fingerprint density at radius 3 is 2.77 bits per heavy atom. The van der Waals surface area contributed by atoms with E-state index in [1.54, 1.807) is 0 Å². The van der Waals surface area contributed by atoms with Gasteiger partial charge in [-0.3, -0.25) is 4.79 Å². The van der Waals surface area contributed by atoms with Crippen molar-refractivity contribution in [2.45, 2.75) is 52.1 Å². The van der Waals surface area contributed by atoms with E-state index in [0.717, 1.165) is 46.7 Å². The van der Waals surface area contributed by atoms with Crippen molar-refractivity contribution in [1.29, 1.82) is 0 Å². The molecule has 140 valence electrons. The number of fused-ring (bicyclic) bond motifs is 1. The first-order chi connectivity index (χ1) is 12.6. The van der Waals surface area contributed by atoms with Gasteiger partial charge in [-0.05, 0) is 63.2 Å². The van der Waals surface area contributed by atoms with Gasteiger partial charge in [-0.15, -0.1) is 0 Å². The minimum Gasteiger partial charge on any atom is -0.494 e. The third-order valence-electron chi connectivity index (χ3n) is 4.90. The minimum atomic E-state index is -0.0519. The molecule has 5 nitrogen and oxygen atoms in total. The summed E-state index contributed by atoms with van der Waals surface area (Å²) in [7, 11) is 0. The van der Waals surface area contributed by atoms with E-state index in [4.69, 9.17) is 17.0 Å². The summed E-state index contributed by atoms with van der Waals surface area (Å²) in [6.07, 6.45) is 4.71. The molecule has 0 bridgehead atoms. The van der Waals surface area contributed by atoms with E-state index in [0.29, 0.717) is 19.2 Å². The zero-order valence-electron chi connectivity index (χ0n) is 15.5. The van der Waals surface area contributed by atoms with E-state index in [1.807, 2.05) is 38.1 Å². The molecule has 26 heavy (non-hydrogen) atoms. The van der Waals surface area contributed by atoms with Gasteiger partial charge in [0.25, 0.3) is 5.56 Å². The lowest BCUT2D eigenvalue weighted by atomic mass is 10.1. The number of nitrogens with zero attached hydrogens (tertiary/aromatic N) is 1. The normalized spacial score (nSPS) is 14.5. The summed E-state index contributed by atoms with van der Waals surface area (Å²) in [5, 5.41) is 4.97. The Morgan fingerprint density at radius 2 is 2.08 bits per heavy atom. The molecule has 0 saturated heterocycles. The largest absolute Gasteiger partial charge is 0.494 e. The number of thiocarbonyl (C=S) groups is 1. The fourth-order valence-electron chi connectivity index (χ4n) is 3.62. The number of pyridine rings is 1. The Balaban J connectivity index is 1.92. The van der Waals surface area contributed by atoms with Gasteiger partial charge in [0, 0.05) is 29.1 Å². The summed E-state index contributed by atoms with van der Waals surface area (Å²) >= 11 is 5.59. The van der Waals surface area contributed by atoms with Crippen molar-refractivity contribution >= 4 is 28.2 Å². The van der Waals surface area contributed by atoms with Crippen LogP contribution in [0.1, 0.15) is 45.1 Å². The molecule has 2 N–H and O–H groups in total. The van der Waals surface area contributed by atoms with E-state index in [9.17, 15) is 4.79 Å². The zero-order valence-corrected chi connectivity index (χ0v) is 16.3. The molecule has 0 amide bonds. The molecule has 1 aromatic heterocycles. The molecule has 2 aromatic rings. The third kappa shape index (κ3) is 4.18. The van der Waals surface area contributed by atoms with Gasteiger partial charge in [0.05, 0.1) is 13.2 Å². The molecule has 1 aromatic carbocycles. The Morgan fingerprint density at radius 1 is 1.31 bits per heavy atom. The van der Waals surface area contributed by atoms with Crippen molar-refractivity contribution in [2.75, 3.05) is 13.2 Å². The maximum Gasteiger partial charge on any atom is 0.253 e. The van der Waals surface area contributed by atoms with Crippen LogP contribution in [0.15, 0.2) is 29.1 Å². The Labute approximate surface area is 159 Å². The van der Waals surface area contributed by atoms with Gasteiger partial charge in [-0.2, -0.15) is 0 Å². The molecule has 1 saturated carbocycles. The molecule has 1 aliphatic carbocycles. The highest BCUT2D eigenvalue weighted by molar-refractivity contribution is 7.80. The van der Waals surface area contributed by atoms with Gasteiger partial charge >= 0.3 is 0 Å². The minimum absolute atomic E-state index is 0.0519. The van der Waals surface area contributed by atoms with Gasteiger partial charge in [0.1, 0.15) is 5.75 Å². The van der Waals surface area contributed by atoms with Crippen molar-refractivity contribution < 1.29 is 4.74 Å². The smallest absolute Gasteiger partial charge is 0.253 e. The van der Waals surface area contributed by atoms with Gasteiger partial charge < -0.3 is 19.9 Å². The molecule has 6 heteroatoms. The number of H-pyrrole nitrogens is 1. The lowest BCUT2D eigenvalue weighted by Gasteiger charge is -2.31. The molecule has 1 aliphatic rings. The van der Waals surface area contributed by atoms with Crippen LogP contribution in [0.2, 0.25) is 0 Å². The summed E-state index contributed by atoms with van der Waals surface area (Å²) in [4.78, 5) is 17.8. The monoisotopic (exact) mass is 373 g/mol. The molecular formula is C20H27N3O2S. The lowest BCUT2D eigenvalue weighted by Crippen LogP contribution is -2.45. The SMILES string of the molecule is CCNC(=S)N(Cc1cc2cc(OCC)ccc2[nH]c1=O)C1CCCC1. The van der Waals surface area contributed by atoms with E-state index >= 15 is 0 Å². The van der Waals surface area contributed by atoms with Crippen LogP contribution >= 0.6 is 12.2 Å². The molecular weight excluding hydrogens is 346 g/mol. The molecule has 0 spiro atoms. The van der Waals surface area contributed by atoms with Crippen LogP contribution in [0.5, 0.6) is 5.75 Å². The van der Waals surface area contributed by atoms with Gasteiger partial charge in [-0.25, -0.2) is 0 Å². The van der Waals surface area contributed by atoms with Crippen molar-refractivity contribution in [2.24, 2.45) is 0 Å². The highest BCUT2D eigenvalue weighted by Gasteiger charge is 2.25. The first kappa shape index (κ1) is 18.7. The molecule has 1 fully saturated rings. The molecule has 1 heterocycles. The molecule has 3 rings (SSSR count). The van der Waals surface area contributed by atoms with Crippen LogP contribution in [-0.2, 0) is 6.54 Å². The van der Waals surface area contributed by atoms with Crippen LogP contribution in [0.3, 0.4) is 0 Å². The molecule has 0 atom stereocenters. The fourth-order valence-corrected chi connectivity index (χ4v) is 3.98. The van der Waals surface area contributed by atoms with Crippen molar-refractivity contribution in [3.8, 4) is 5.75 Å². The van der Waals surface area contributed by atoms with E-state index in [1.165, 1.54) is 12.8 Å². The maximum atomic E-state index is 12.6. The Bertz CT molecular complexity index is 827. The molecule has 0 radical (unpaired) electrons. The number of hydrogen-bond acceptors (Lipinski definition) is 3. The summed E-state index contributed by atoms with van der Waals surface area (Å²) in [6.45, 7) is 5.93. The number of aromatic amines is 1. The van der Waals surface area contributed by atoms with Crippen LogP contribution in [-0.4, -0.2) is 34.2 Å².